The SMILES string of the molecule is COc1cc(C=Nn2c(C3CCCCC3)nc3ccc(Br)cc3c2=O)cc(Br)c1OCc1ccc(Br)cc1Br. The molecule has 6 nitrogen and oxygen atoms in total. The number of methoxy groups -OCH3 is 1. The minimum absolute atomic E-state index is 0.177. The zero-order valence-corrected chi connectivity index (χ0v) is 27.4. The minimum atomic E-state index is -0.177. The number of ether oxygens (including phenoxy) is 2. The second-order valence-electron chi connectivity index (χ2n) is 9.39. The predicted octanol–water partition coefficient (Wildman–Crippen LogP) is 8.96. The van der Waals surface area contributed by atoms with Crippen molar-refractivity contribution in [2.24, 2.45) is 5.10 Å². The lowest BCUT2D eigenvalue weighted by Gasteiger charge is -2.22. The van der Waals surface area contributed by atoms with Crippen LogP contribution in [0, 0.1) is 0 Å². The Balaban J connectivity index is 1.49. The van der Waals surface area contributed by atoms with E-state index in [1.54, 1.807) is 19.4 Å². The van der Waals surface area contributed by atoms with Gasteiger partial charge in [-0.2, -0.15) is 9.78 Å². The zero-order chi connectivity index (χ0) is 27.5. The summed E-state index contributed by atoms with van der Waals surface area (Å²) in [6.45, 7) is 0.356. The quantitative estimate of drug-likeness (QED) is 0.176. The van der Waals surface area contributed by atoms with E-state index >= 15 is 0 Å². The van der Waals surface area contributed by atoms with E-state index in [0.717, 1.165) is 60.5 Å². The van der Waals surface area contributed by atoms with Crippen molar-refractivity contribution in [2.75, 3.05) is 7.11 Å². The Kier molecular flexibility index (Phi) is 9.26. The van der Waals surface area contributed by atoms with Crippen LogP contribution in [0.3, 0.4) is 0 Å². The van der Waals surface area contributed by atoms with Gasteiger partial charge in [0.05, 0.1) is 28.7 Å². The van der Waals surface area contributed by atoms with E-state index in [1.165, 1.54) is 11.1 Å². The van der Waals surface area contributed by atoms with E-state index in [1.807, 2.05) is 42.5 Å². The lowest BCUT2D eigenvalue weighted by Crippen LogP contribution is -2.25. The van der Waals surface area contributed by atoms with Gasteiger partial charge in [-0.1, -0.05) is 73.1 Å². The summed E-state index contributed by atoms with van der Waals surface area (Å²) < 4.78 is 16.7. The van der Waals surface area contributed by atoms with Crippen molar-refractivity contribution >= 4 is 80.8 Å². The fourth-order valence-corrected chi connectivity index (χ4v) is 6.87. The highest BCUT2D eigenvalue weighted by molar-refractivity contribution is 9.11. The molecule has 0 aliphatic heterocycles. The molecule has 1 heterocycles. The van der Waals surface area contributed by atoms with Gasteiger partial charge in [0.1, 0.15) is 12.4 Å². The molecular weight excluding hydrogens is 758 g/mol. The number of hydrogen-bond acceptors (Lipinski definition) is 5. The molecule has 0 atom stereocenters. The largest absolute Gasteiger partial charge is 0.493 e. The van der Waals surface area contributed by atoms with Crippen molar-refractivity contribution < 1.29 is 9.47 Å². The number of fused-ring (bicyclic) bond motifs is 1. The van der Waals surface area contributed by atoms with Gasteiger partial charge in [0.25, 0.3) is 5.56 Å². The molecule has 39 heavy (non-hydrogen) atoms. The molecule has 1 aliphatic carbocycles. The Morgan fingerprint density at radius 3 is 2.46 bits per heavy atom. The molecule has 1 aliphatic rings. The summed E-state index contributed by atoms with van der Waals surface area (Å²) in [7, 11) is 1.60. The summed E-state index contributed by atoms with van der Waals surface area (Å²) in [5, 5.41) is 5.19. The van der Waals surface area contributed by atoms with Crippen LogP contribution >= 0.6 is 63.7 Å². The Labute approximate surface area is 260 Å². The maximum absolute atomic E-state index is 13.6. The average Bonchev–Trinajstić information content (AvgIpc) is 2.93. The monoisotopic (exact) mass is 779 g/mol. The Morgan fingerprint density at radius 1 is 0.974 bits per heavy atom. The summed E-state index contributed by atoms with van der Waals surface area (Å²) in [6.07, 6.45) is 7.15. The summed E-state index contributed by atoms with van der Waals surface area (Å²) in [6, 6.07) is 15.3. The van der Waals surface area contributed by atoms with Gasteiger partial charge in [0.2, 0.25) is 0 Å². The number of rotatable bonds is 7. The first-order valence-electron chi connectivity index (χ1n) is 12.5. The van der Waals surface area contributed by atoms with Crippen molar-refractivity contribution in [1.82, 2.24) is 9.66 Å². The van der Waals surface area contributed by atoms with Gasteiger partial charge >= 0.3 is 0 Å². The third-order valence-electron chi connectivity index (χ3n) is 6.76. The first-order valence-corrected chi connectivity index (χ1v) is 15.7. The highest BCUT2D eigenvalue weighted by Crippen LogP contribution is 2.38. The molecule has 5 rings (SSSR count). The third-order valence-corrected chi connectivity index (χ3v) is 9.08. The molecule has 0 radical (unpaired) electrons. The van der Waals surface area contributed by atoms with Gasteiger partial charge in [-0.15, -0.1) is 0 Å². The second kappa shape index (κ2) is 12.7. The van der Waals surface area contributed by atoms with E-state index in [9.17, 15) is 4.79 Å². The van der Waals surface area contributed by atoms with Crippen LogP contribution in [-0.2, 0) is 6.61 Å². The van der Waals surface area contributed by atoms with Gasteiger partial charge in [0.15, 0.2) is 11.5 Å². The molecular formula is C29H25Br4N3O3. The molecule has 202 valence electrons. The van der Waals surface area contributed by atoms with Crippen LogP contribution in [-0.4, -0.2) is 23.0 Å². The van der Waals surface area contributed by atoms with Crippen molar-refractivity contribution in [1.29, 1.82) is 0 Å². The van der Waals surface area contributed by atoms with E-state index in [4.69, 9.17) is 14.5 Å². The van der Waals surface area contributed by atoms with Crippen LogP contribution in [0.5, 0.6) is 11.5 Å². The van der Waals surface area contributed by atoms with Gasteiger partial charge < -0.3 is 9.47 Å². The minimum Gasteiger partial charge on any atom is -0.493 e. The highest BCUT2D eigenvalue weighted by atomic mass is 79.9. The van der Waals surface area contributed by atoms with Crippen LogP contribution in [0.1, 0.15) is 55.0 Å². The maximum atomic E-state index is 13.6. The van der Waals surface area contributed by atoms with Crippen molar-refractivity contribution in [3.63, 3.8) is 0 Å². The molecule has 1 fully saturated rings. The molecule has 0 bridgehead atoms. The lowest BCUT2D eigenvalue weighted by molar-refractivity contribution is 0.282. The lowest BCUT2D eigenvalue weighted by atomic mass is 9.88. The van der Waals surface area contributed by atoms with E-state index in [-0.39, 0.29) is 11.5 Å². The fourth-order valence-electron chi connectivity index (χ4n) is 4.77. The number of aromatic nitrogens is 2. The van der Waals surface area contributed by atoms with E-state index < -0.39 is 0 Å². The van der Waals surface area contributed by atoms with Crippen LogP contribution in [0.4, 0.5) is 0 Å². The normalized spacial score (nSPS) is 14.3. The van der Waals surface area contributed by atoms with Gasteiger partial charge in [0, 0.05) is 24.9 Å². The Bertz CT molecular complexity index is 1610. The van der Waals surface area contributed by atoms with Gasteiger partial charge in [-0.25, -0.2) is 4.98 Å². The molecule has 1 saturated carbocycles. The summed E-state index contributed by atoms with van der Waals surface area (Å²) in [5.74, 6) is 2.06. The van der Waals surface area contributed by atoms with E-state index in [0.29, 0.717) is 29.0 Å². The van der Waals surface area contributed by atoms with E-state index in [2.05, 4.69) is 68.8 Å². The number of nitrogens with zero attached hydrogens (tertiary/aromatic N) is 3. The summed E-state index contributed by atoms with van der Waals surface area (Å²) in [5.41, 5.74) is 2.28. The number of benzene rings is 3. The van der Waals surface area contributed by atoms with Crippen LogP contribution in [0.15, 0.2) is 76.3 Å². The smallest absolute Gasteiger partial charge is 0.282 e. The summed E-state index contributed by atoms with van der Waals surface area (Å²) >= 11 is 14.2. The topological polar surface area (TPSA) is 65.7 Å². The maximum Gasteiger partial charge on any atom is 0.282 e. The molecule has 0 unspecified atom stereocenters. The molecule has 0 amide bonds. The van der Waals surface area contributed by atoms with Crippen molar-refractivity contribution in [2.45, 2.75) is 44.6 Å². The first-order chi connectivity index (χ1) is 18.8. The Morgan fingerprint density at radius 2 is 1.72 bits per heavy atom. The molecule has 4 aromatic rings. The highest BCUT2D eigenvalue weighted by Gasteiger charge is 2.22. The van der Waals surface area contributed by atoms with Gasteiger partial charge in [-0.05, 0) is 76.8 Å². The average molecular weight is 783 g/mol. The van der Waals surface area contributed by atoms with Crippen molar-refractivity contribution in [3.8, 4) is 11.5 Å². The third kappa shape index (κ3) is 6.50. The number of hydrogen-bond donors (Lipinski definition) is 0. The molecule has 0 saturated heterocycles. The second-order valence-corrected chi connectivity index (χ2v) is 12.9. The molecule has 0 N–H and O–H groups in total. The first kappa shape index (κ1) is 28.5. The fraction of sp³-hybridized carbons (Fsp3) is 0.276. The summed E-state index contributed by atoms with van der Waals surface area (Å²) in [4.78, 5) is 18.5. The predicted molar refractivity (Wildman–Crippen MR) is 169 cm³/mol. The Hall–Kier alpha value is -2.01. The molecule has 0 spiro atoms. The molecule has 10 heteroatoms. The zero-order valence-electron chi connectivity index (χ0n) is 21.1. The van der Waals surface area contributed by atoms with Crippen LogP contribution < -0.4 is 15.0 Å². The van der Waals surface area contributed by atoms with Crippen LogP contribution in [0.2, 0.25) is 0 Å². The molecule has 3 aromatic carbocycles. The molecule has 1 aromatic heterocycles. The van der Waals surface area contributed by atoms with Crippen LogP contribution in [0.25, 0.3) is 10.9 Å². The number of halogens is 4. The van der Waals surface area contributed by atoms with Gasteiger partial charge in [-0.3, -0.25) is 4.79 Å². The standard InChI is InChI=1S/C29H25Br4N3O3/c1-38-26-12-17(11-24(33)27(26)39-16-19-7-8-21(31)14-23(19)32)15-34-36-28(18-5-3-2-4-6-18)35-25-10-9-20(30)13-22(25)29(36)37/h7-15,18H,2-6,16H2,1H3. The van der Waals surface area contributed by atoms with Crippen molar-refractivity contribution in [3.05, 3.63) is 93.7 Å².